The molecule has 1 aliphatic rings. The molecule has 0 fully saturated rings. The standard InChI is InChI=1S/C13H12F2O/c1-8-6-7-10(12(15)11(8)14)13(16)9-4-2-3-5-9/h4,6-7H,2-3,5H2,1H3. The van der Waals surface area contributed by atoms with Gasteiger partial charge < -0.3 is 0 Å². The molecule has 0 saturated carbocycles. The number of hydrogen-bond donors (Lipinski definition) is 0. The molecule has 1 nitrogen and oxygen atoms in total. The molecule has 16 heavy (non-hydrogen) atoms. The van der Waals surface area contributed by atoms with Crippen LogP contribution in [0.25, 0.3) is 0 Å². The Kier molecular flexibility index (Phi) is 2.86. The van der Waals surface area contributed by atoms with E-state index in [1.165, 1.54) is 19.1 Å². The van der Waals surface area contributed by atoms with Gasteiger partial charge in [-0.1, -0.05) is 12.1 Å². The lowest BCUT2D eigenvalue weighted by atomic mass is 10.0. The highest BCUT2D eigenvalue weighted by Crippen LogP contribution is 2.24. The topological polar surface area (TPSA) is 17.1 Å². The van der Waals surface area contributed by atoms with Crippen molar-refractivity contribution in [3.8, 4) is 0 Å². The Morgan fingerprint density at radius 1 is 1.25 bits per heavy atom. The summed E-state index contributed by atoms with van der Waals surface area (Å²) in [6.07, 6.45) is 4.22. The number of Topliss-reactive ketones (excluding diaryl/α,β-unsaturated/α-hetero) is 1. The fourth-order valence-electron chi connectivity index (χ4n) is 1.87. The van der Waals surface area contributed by atoms with Crippen LogP contribution in [0.4, 0.5) is 8.78 Å². The van der Waals surface area contributed by atoms with Gasteiger partial charge in [-0.25, -0.2) is 8.78 Å². The van der Waals surface area contributed by atoms with Crippen LogP contribution in [0.15, 0.2) is 23.8 Å². The summed E-state index contributed by atoms with van der Waals surface area (Å²) in [6, 6.07) is 2.79. The summed E-state index contributed by atoms with van der Waals surface area (Å²) in [5.74, 6) is -2.34. The van der Waals surface area contributed by atoms with Gasteiger partial charge in [-0.2, -0.15) is 0 Å². The van der Waals surface area contributed by atoms with Crippen LogP contribution in [-0.2, 0) is 0 Å². The SMILES string of the molecule is Cc1ccc(C(=O)C2=CCCC2)c(F)c1F. The average molecular weight is 222 g/mol. The van der Waals surface area contributed by atoms with Gasteiger partial charge in [0, 0.05) is 0 Å². The monoisotopic (exact) mass is 222 g/mol. The van der Waals surface area contributed by atoms with E-state index in [0.717, 1.165) is 12.8 Å². The molecular formula is C13H12F2O. The number of halogens is 2. The van der Waals surface area contributed by atoms with Crippen LogP contribution in [0.2, 0.25) is 0 Å². The van der Waals surface area contributed by atoms with Crippen molar-refractivity contribution in [3.63, 3.8) is 0 Å². The van der Waals surface area contributed by atoms with Crippen molar-refractivity contribution >= 4 is 5.78 Å². The van der Waals surface area contributed by atoms with E-state index in [-0.39, 0.29) is 16.9 Å². The molecular weight excluding hydrogens is 210 g/mol. The molecule has 0 aromatic heterocycles. The molecule has 0 saturated heterocycles. The number of aryl methyl sites for hydroxylation is 1. The van der Waals surface area contributed by atoms with E-state index in [9.17, 15) is 13.6 Å². The maximum absolute atomic E-state index is 13.5. The number of hydrogen-bond acceptors (Lipinski definition) is 1. The lowest BCUT2D eigenvalue weighted by Gasteiger charge is -2.05. The quantitative estimate of drug-likeness (QED) is 0.699. The summed E-state index contributed by atoms with van der Waals surface area (Å²) in [5, 5.41) is 0. The minimum atomic E-state index is -1.03. The Labute approximate surface area is 92.8 Å². The van der Waals surface area contributed by atoms with E-state index in [2.05, 4.69) is 0 Å². The molecule has 0 unspecified atom stereocenters. The minimum Gasteiger partial charge on any atom is -0.289 e. The molecule has 0 bridgehead atoms. The molecule has 0 radical (unpaired) electrons. The van der Waals surface area contributed by atoms with E-state index in [4.69, 9.17) is 0 Å². The highest BCUT2D eigenvalue weighted by Gasteiger charge is 2.21. The lowest BCUT2D eigenvalue weighted by molar-refractivity contribution is 0.102. The molecule has 3 heteroatoms. The highest BCUT2D eigenvalue weighted by molar-refractivity contribution is 6.09. The Morgan fingerprint density at radius 3 is 2.62 bits per heavy atom. The van der Waals surface area contributed by atoms with Crippen molar-refractivity contribution in [1.82, 2.24) is 0 Å². The molecule has 2 rings (SSSR count). The summed E-state index contributed by atoms with van der Waals surface area (Å²) in [4.78, 5) is 11.9. The van der Waals surface area contributed by atoms with Crippen LogP contribution in [0.5, 0.6) is 0 Å². The maximum Gasteiger partial charge on any atom is 0.191 e. The van der Waals surface area contributed by atoms with E-state index in [1.807, 2.05) is 0 Å². The molecule has 0 atom stereocenters. The number of ketones is 1. The van der Waals surface area contributed by atoms with Crippen LogP contribution in [-0.4, -0.2) is 5.78 Å². The zero-order chi connectivity index (χ0) is 11.7. The van der Waals surface area contributed by atoms with Crippen molar-refractivity contribution in [2.75, 3.05) is 0 Å². The highest BCUT2D eigenvalue weighted by atomic mass is 19.2. The zero-order valence-electron chi connectivity index (χ0n) is 9.02. The summed E-state index contributed by atoms with van der Waals surface area (Å²) in [6.45, 7) is 1.47. The molecule has 0 N–H and O–H groups in total. The van der Waals surface area contributed by atoms with Gasteiger partial charge in [0.15, 0.2) is 17.4 Å². The third-order valence-electron chi connectivity index (χ3n) is 2.85. The second-order valence-corrected chi connectivity index (χ2v) is 4.01. The molecule has 0 spiro atoms. The fraction of sp³-hybridized carbons (Fsp3) is 0.308. The minimum absolute atomic E-state index is 0.156. The van der Waals surface area contributed by atoms with Crippen LogP contribution in [0.1, 0.15) is 35.2 Å². The molecule has 0 aliphatic heterocycles. The van der Waals surface area contributed by atoms with Crippen LogP contribution in [0.3, 0.4) is 0 Å². The van der Waals surface area contributed by atoms with E-state index in [0.29, 0.717) is 12.0 Å². The molecule has 0 amide bonds. The zero-order valence-corrected chi connectivity index (χ0v) is 9.02. The van der Waals surface area contributed by atoms with Gasteiger partial charge in [0.2, 0.25) is 0 Å². The summed E-state index contributed by atoms with van der Waals surface area (Å²) in [5.41, 5.74) is 0.660. The lowest BCUT2D eigenvalue weighted by Crippen LogP contribution is -2.07. The fourth-order valence-corrected chi connectivity index (χ4v) is 1.87. The van der Waals surface area contributed by atoms with E-state index >= 15 is 0 Å². The third-order valence-corrected chi connectivity index (χ3v) is 2.85. The smallest absolute Gasteiger partial charge is 0.191 e. The molecule has 1 aromatic rings. The predicted molar refractivity (Wildman–Crippen MR) is 57.4 cm³/mol. The molecule has 84 valence electrons. The number of allylic oxidation sites excluding steroid dienone is 2. The van der Waals surface area contributed by atoms with Gasteiger partial charge in [-0.3, -0.25) is 4.79 Å². The average Bonchev–Trinajstić information content (AvgIpc) is 2.79. The summed E-state index contributed by atoms with van der Waals surface area (Å²) >= 11 is 0. The Bertz CT molecular complexity index is 475. The number of benzene rings is 1. The third kappa shape index (κ3) is 1.77. The van der Waals surface area contributed by atoms with Crippen molar-refractivity contribution < 1.29 is 13.6 Å². The first kappa shape index (κ1) is 11.0. The predicted octanol–water partition coefficient (Wildman–Crippen LogP) is 3.57. The van der Waals surface area contributed by atoms with Crippen LogP contribution >= 0.6 is 0 Å². The van der Waals surface area contributed by atoms with Crippen molar-refractivity contribution in [2.24, 2.45) is 0 Å². The Hall–Kier alpha value is -1.51. The first-order chi connectivity index (χ1) is 7.61. The van der Waals surface area contributed by atoms with Crippen molar-refractivity contribution in [2.45, 2.75) is 26.2 Å². The van der Waals surface area contributed by atoms with Gasteiger partial charge >= 0.3 is 0 Å². The van der Waals surface area contributed by atoms with E-state index in [1.54, 1.807) is 6.08 Å². The van der Waals surface area contributed by atoms with Gasteiger partial charge in [-0.15, -0.1) is 0 Å². The number of carbonyl (C=O) groups is 1. The van der Waals surface area contributed by atoms with Gasteiger partial charge in [-0.05, 0) is 43.4 Å². The van der Waals surface area contributed by atoms with Crippen molar-refractivity contribution in [3.05, 3.63) is 46.5 Å². The first-order valence-corrected chi connectivity index (χ1v) is 5.29. The Balaban J connectivity index is 2.41. The van der Waals surface area contributed by atoms with Crippen LogP contribution < -0.4 is 0 Å². The van der Waals surface area contributed by atoms with Gasteiger partial charge in [0.25, 0.3) is 0 Å². The largest absolute Gasteiger partial charge is 0.289 e. The second-order valence-electron chi connectivity index (χ2n) is 4.01. The Morgan fingerprint density at radius 2 is 2.00 bits per heavy atom. The normalized spacial score (nSPS) is 15.1. The van der Waals surface area contributed by atoms with Gasteiger partial charge in [0.05, 0.1) is 5.56 Å². The van der Waals surface area contributed by atoms with Crippen molar-refractivity contribution in [1.29, 1.82) is 0 Å². The van der Waals surface area contributed by atoms with Gasteiger partial charge in [0.1, 0.15) is 0 Å². The maximum atomic E-state index is 13.5. The molecule has 1 aromatic carbocycles. The summed E-state index contributed by atoms with van der Waals surface area (Å²) in [7, 11) is 0. The second kappa shape index (κ2) is 4.16. The first-order valence-electron chi connectivity index (χ1n) is 5.29. The number of rotatable bonds is 2. The van der Waals surface area contributed by atoms with Crippen LogP contribution in [0, 0.1) is 18.6 Å². The van der Waals surface area contributed by atoms with E-state index < -0.39 is 11.6 Å². The number of carbonyl (C=O) groups excluding carboxylic acids is 1. The summed E-state index contributed by atoms with van der Waals surface area (Å²) < 4.78 is 26.8. The molecule has 1 aliphatic carbocycles. The molecule has 0 heterocycles.